The standard InChI is InChI=1S/C11H21N3O/c1-15-8-11-5-3-2-4-9(11)6-14(7-11)10(12)13/h9H,2-8H2,1H3,(H3,12,13)/t9-,11+/m1/s1. The number of ether oxygens (including phenoxy) is 1. The fourth-order valence-corrected chi connectivity index (χ4v) is 3.29. The summed E-state index contributed by atoms with van der Waals surface area (Å²) in [5, 5.41) is 7.52. The summed E-state index contributed by atoms with van der Waals surface area (Å²) in [6.45, 7) is 2.70. The van der Waals surface area contributed by atoms with Crippen molar-refractivity contribution in [3.63, 3.8) is 0 Å². The van der Waals surface area contributed by atoms with Gasteiger partial charge in [-0.15, -0.1) is 0 Å². The van der Waals surface area contributed by atoms with Gasteiger partial charge in [-0.3, -0.25) is 5.41 Å². The van der Waals surface area contributed by atoms with Crippen LogP contribution in [0.5, 0.6) is 0 Å². The Bertz CT molecular complexity index is 252. The predicted molar refractivity (Wildman–Crippen MR) is 59.8 cm³/mol. The Morgan fingerprint density at radius 3 is 3.07 bits per heavy atom. The molecule has 0 aromatic rings. The molecule has 3 N–H and O–H groups in total. The SMILES string of the molecule is COC[C@@]12CCCC[C@@H]1CN(C(=N)N)C2. The van der Waals surface area contributed by atoms with Gasteiger partial charge in [0.25, 0.3) is 0 Å². The van der Waals surface area contributed by atoms with Gasteiger partial charge in [-0.05, 0) is 18.8 Å². The third kappa shape index (κ3) is 1.83. The number of nitrogens with zero attached hydrogens (tertiary/aromatic N) is 1. The normalized spacial score (nSPS) is 35.3. The highest BCUT2D eigenvalue weighted by Gasteiger charge is 2.47. The molecule has 1 aliphatic heterocycles. The molecule has 2 aliphatic rings. The summed E-state index contributed by atoms with van der Waals surface area (Å²) < 4.78 is 5.38. The summed E-state index contributed by atoms with van der Waals surface area (Å²) >= 11 is 0. The van der Waals surface area contributed by atoms with Crippen molar-refractivity contribution in [2.24, 2.45) is 17.1 Å². The molecule has 15 heavy (non-hydrogen) atoms. The molecule has 0 aromatic carbocycles. The molecular formula is C11H21N3O. The van der Waals surface area contributed by atoms with Crippen LogP contribution in [0.3, 0.4) is 0 Å². The topological polar surface area (TPSA) is 62.3 Å². The molecule has 1 heterocycles. The fourth-order valence-electron chi connectivity index (χ4n) is 3.29. The third-order valence-corrected chi connectivity index (χ3v) is 4.06. The van der Waals surface area contributed by atoms with Gasteiger partial charge < -0.3 is 15.4 Å². The van der Waals surface area contributed by atoms with Crippen LogP contribution in [0.25, 0.3) is 0 Å². The molecule has 2 rings (SSSR count). The Morgan fingerprint density at radius 1 is 1.60 bits per heavy atom. The summed E-state index contributed by atoms with van der Waals surface area (Å²) in [5.41, 5.74) is 5.85. The van der Waals surface area contributed by atoms with Crippen molar-refractivity contribution in [2.45, 2.75) is 25.7 Å². The largest absolute Gasteiger partial charge is 0.384 e. The summed E-state index contributed by atoms with van der Waals surface area (Å²) in [6.07, 6.45) is 5.12. The van der Waals surface area contributed by atoms with Crippen LogP contribution < -0.4 is 5.73 Å². The molecular weight excluding hydrogens is 190 g/mol. The maximum absolute atomic E-state index is 7.52. The molecule has 4 heteroatoms. The van der Waals surface area contributed by atoms with E-state index in [0.29, 0.717) is 5.92 Å². The van der Waals surface area contributed by atoms with E-state index in [1.54, 1.807) is 7.11 Å². The van der Waals surface area contributed by atoms with Crippen LogP contribution in [-0.2, 0) is 4.74 Å². The van der Waals surface area contributed by atoms with Crippen molar-refractivity contribution in [3.05, 3.63) is 0 Å². The quantitative estimate of drug-likeness (QED) is 0.529. The number of rotatable bonds is 2. The average molecular weight is 211 g/mol. The molecule has 1 aliphatic carbocycles. The van der Waals surface area contributed by atoms with Crippen LogP contribution >= 0.6 is 0 Å². The number of likely N-dealkylation sites (tertiary alicyclic amines) is 1. The van der Waals surface area contributed by atoms with Gasteiger partial charge in [0.05, 0.1) is 6.61 Å². The Hall–Kier alpha value is -0.770. The van der Waals surface area contributed by atoms with Gasteiger partial charge in [0, 0.05) is 25.6 Å². The van der Waals surface area contributed by atoms with E-state index in [1.165, 1.54) is 25.7 Å². The summed E-state index contributed by atoms with van der Waals surface area (Å²) in [6, 6.07) is 0. The lowest BCUT2D eigenvalue weighted by Crippen LogP contribution is -2.39. The predicted octanol–water partition coefficient (Wildman–Crippen LogP) is 1.02. The molecule has 0 amide bonds. The average Bonchev–Trinajstić information content (AvgIpc) is 2.57. The van der Waals surface area contributed by atoms with E-state index in [9.17, 15) is 0 Å². The first kappa shape index (κ1) is 10.7. The molecule has 1 saturated carbocycles. The van der Waals surface area contributed by atoms with Crippen molar-refractivity contribution in [2.75, 3.05) is 26.8 Å². The highest BCUT2D eigenvalue weighted by molar-refractivity contribution is 5.75. The highest BCUT2D eigenvalue weighted by Crippen LogP contribution is 2.46. The van der Waals surface area contributed by atoms with Gasteiger partial charge in [-0.1, -0.05) is 12.8 Å². The lowest BCUT2D eigenvalue weighted by Gasteiger charge is -2.37. The van der Waals surface area contributed by atoms with Gasteiger partial charge in [-0.25, -0.2) is 0 Å². The van der Waals surface area contributed by atoms with Crippen LogP contribution in [-0.4, -0.2) is 37.7 Å². The second-order valence-corrected chi connectivity index (χ2v) is 5.00. The van der Waals surface area contributed by atoms with Gasteiger partial charge in [0.15, 0.2) is 5.96 Å². The molecule has 0 spiro atoms. The Balaban J connectivity index is 2.12. The fraction of sp³-hybridized carbons (Fsp3) is 0.909. The zero-order chi connectivity index (χ0) is 10.9. The number of hydrogen-bond donors (Lipinski definition) is 2. The zero-order valence-corrected chi connectivity index (χ0v) is 9.46. The minimum absolute atomic E-state index is 0.222. The number of hydrogen-bond acceptors (Lipinski definition) is 2. The maximum atomic E-state index is 7.52. The van der Waals surface area contributed by atoms with E-state index in [-0.39, 0.29) is 11.4 Å². The Labute approximate surface area is 91.3 Å². The van der Waals surface area contributed by atoms with E-state index in [2.05, 4.69) is 0 Å². The number of nitrogens with two attached hydrogens (primary N) is 1. The molecule has 1 saturated heterocycles. The van der Waals surface area contributed by atoms with E-state index < -0.39 is 0 Å². The number of guanidine groups is 1. The van der Waals surface area contributed by atoms with E-state index >= 15 is 0 Å². The van der Waals surface area contributed by atoms with Crippen LogP contribution in [0.2, 0.25) is 0 Å². The first-order valence-electron chi connectivity index (χ1n) is 5.76. The van der Waals surface area contributed by atoms with E-state index in [1.807, 2.05) is 4.90 Å². The number of nitrogens with one attached hydrogen (secondary N) is 1. The van der Waals surface area contributed by atoms with Crippen LogP contribution in [0, 0.1) is 16.7 Å². The van der Waals surface area contributed by atoms with Crippen LogP contribution in [0.4, 0.5) is 0 Å². The Morgan fingerprint density at radius 2 is 2.40 bits per heavy atom. The number of fused-ring (bicyclic) bond motifs is 1. The minimum atomic E-state index is 0.222. The summed E-state index contributed by atoms with van der Waals surface area (Å²) in [5.74, 6) is 0.898. The van der Waals surface area contributed by atoms with Crippen LogP contribution in [0.15, 0.2) is 0 Å². The molecule has 2 atom stereocenters. The van der Waals surface area contributed by atoms with Crippen molar-refractivity contribution in [3.8, 4) is 0 Å². The van der Waals surface area contributed by atoms with Crippen molar-refractivity contribution >= 4 is 5.96 Å². The highest BCUT2D eigenvalue weighted by atomic mass is 16.5. The van der Waals surface area contributed by atoms with E-state index in [0.717, 1.165) is 19.7 Å². The maximum Gasteiger partial charge on any atom is 0.188 e. The number of methoxy groups -OCH3 is 1. The van der Waals surface area contributed by atoms with Gasteiger partial charge in [0.2, 0.25) is 0 Å². The molecule has 4 nitrogen and oxygen atoms in total. The second kappa shape index (κ2) is 4.00. The molecule has 0 radical (unpaired) electrons. The molecule has 0 bridgehead atoms. The monoisotopic (exact) mass is 211 g/mol. The second-order valence-electron chi connectivity index (χ2n) is 5.00. The minimum Gasteiger partial charge on any atom is -0.384 e. The van der Waals surface area contributed by atoms with Crippen LogP contribution in [0.1, 0.15) is 25.7 Å². The first-order valence-corrected chi connectivity index (χ1v) is 5.76. The molecule has 0 unspecified atom stereocenters. The van der Waals surface area contributed by atoms with Gasteiger partial charge in [0.1, 0.15) is 0 Å². The summed E-state index contributed by atoms with van der Waals surface area (Å²) in [7, 11) is 1.77. The van der Waals surface area contributed by atoms with E-state index in [4.69, 9.17) is 15.9 Å². The molecule has 0 aromatic heterocycles. The van der Waals surface area contributed by atoms with Gasteiger partial charge in [-0.2, -0.15) is 0 Å². The lowest BCUT2D eigenvalue weighted by atomic mass is 9.69. The van der Waals surface area contributed by atoms with Crippen molar-refractivity contribution < 1.29 is 4.74 Å². The zero-order valence-electron chi connectivity index (χ0n) is 9.46. The smallest absolute Gasteiger partial charge is 0.188 e. The molecule has 2 fully saturated rings. The van der Waals surface area contributed by atoms with Gasteiger partial charge >= 0.3 is 0 Å². The molecule has 86 valence electrons. The first-order chi connectivity index (χ1) is 7.18. The van der Waals surface area contributed by atoms with Crippen molar-refractivity contribution in [1.29, 1.82) is 5.41 Å². The lowest BCUT2D eigenvalue weighted by molar-refractivity contribution is 0.0314. The summed E-state index contributed by atoms with van der Waals surface area (Å²) in [4.78, 5) is 2.01. The van der Waals surface area contributed by atoms with Crippen molar-refractivity contribution in [1.82, 2.24) is 4.90 Å². The third-order valence-electron chi connectivity index (χ3n) is 4.06. The Kier molecular flexibility index (Phi) is 2.87.